The van der Waals surface area contributed by atoms with Crippen molar-refractivity contribution in [1.29, 1.82) is 0 Å². The van der Waals surface area contributed by atoms with Gasteiger partial charge in [-0.25, -0.2) is 0 Å². The van der Waals surface area contributed by atoms with Gasteiger partial charge < -0.3 is 15.3 Å². The van der Waals surface area contributed by atoms with Crippen LogP contribution in [-0.4, -0.2) is 47.8 Å². The average molecular weight is 212 g/mol. The molecular weight excluding hydrogens is 188 g/mol. The maximum atomic E-state index is 9.95. The Morgan fingerprint density at radius 2 is 2.13 bits per heavy atom. The lowest BCUT2D eigenvalue weighted by molar-refractivity contribution is 0.0481. The summed E-state index contributed by atoms with van der Waals surface area (Å²) >= 11 is 0. The first-order valence-corrected chi connectivity index (χ1v) is 6.29. The van der Waals surface area contributed by atoms with E-state index in [2.05, 4.69) is 10.2 Å². The topological polar surface area (TPSA) is 35.5 Å². The van der Waals surface area contributed by atoms with Gasteiger partial charge in [0, 0.05) is 19.1 Å². The van der Waals surface area contributed by atoms with E-state index in [4.69, 9.17) is 0 Å². The Morgan fingerprint density at radius 1 is 1.40 bits per heavy atom. The van der Waals surface area contributed by atoms with Gasteiger partial charge in [-0.2, -0.15) is 0 Å². The molecule has 0 aromatic rings. The Hall–Kier alpha value is -0.120. The van der Waals surface area contributed by atoms with Crippen molar-refractivity contribution >= 4 is 0 Å². The van der Waals surface area contributed by atoms with Crippen LogP contribution in [-0.2, 0) is 0 Å². The number of fused-ring (bicyclic) bond motifs is 2. The van der Waals surface area contributed by atoms with Crippen molar-refractivity contribution in [1.82, 2.24) is 10.2 Å². The molecule has 0 aliphatic carbocycles. The van der Waals surface area contributed by atoms with E-state index in [1.165, 1.54) is 32.5 Å². The molecule has 4 atom stereocenters. The van der Waals surface area contributed by atoms with Crippen LogP contribution in [0.3, 0.4) is 0 Å². The van der Waals surface area contributed by atoms with Crippen LogP contribution in [0.4, 0.5) is 0 Å². The number of hydrogen-bond donors (Lipinski definition) is 2. The minimum absolute atomic E-state index is 0.532. The normalized spacial score (nSPS) is 39.0. The molecule has 0 radical (unpaired) electrons. The summed E-state index contributed by atoms with van der Waals surface area (Å²) in [5, 5.41) is 13.5. The number of piperidine rings is 1. The van der Waals surface area contributed by atoms with E-state index in [1.807, 2.05) is 13.8 Å². The van der Waals surface area contributed by atoms with Crippen molar-refractivity contribution in [3.8, 4) is 0 Å². The molecule has 15 heavy (non-hydrogen) atoms. The fraction of sp³-hybridized carbons (Fsp3) is 1.00. The smallest absolute Gasteiger partial charge is 0.0741 e. The maximum Gasteiger partial charge on any atom is 0.0741 e. The van der Waals surface area contributed by atoms with E-state index in [1.54, 1.807) is 0 Å². The molecule has 2 N–H and O–H groups in total. The van der Waals surface area contributed by atoms with E-state index in [0.717, 1.165) is 18.9 Å². The molecule has 0 saturated carbocycles. The highest BCUT2D eigenvalue weighted by Crippen LogP contribution is 2.27. The van der Waals surface area contributed by atoms with Gasteiger partial charge in [0.1, 0.15) is 0 Å². The third-order valence-corrected chi connectivity index (χ3v) is 4.14. The first-order valence-electron chi connectivity index (χ1n) is 6.29. The van der Waals surface area contributed by atoms with Crippen molar-refractivity contribution in [2.24, 2.45) is 5.92 Å². The number of rotatable bonds is 4. The number of nitrogens with one attached hydrogen (secondary N) is 1. The Balaban J connectivity index is 1.79. The number of hydrogen-bond acceptors (Lipinski definition) is 3. The van der Waals surface area contributed by atoms with Crippen LogP contribution in [0.2, 0.25) is 0 Å². The summed E-state index contributed by atoms with van der Waals surface area (Å²) in [5.41, 5.74) is -0.532. The van der Waals surface area contributed by atoms with E-state index < -0.39 is 5.60 Å². The summed E-state index contributed by atoms with van der Waals surface area (Å²) in [5.74, 6) is 0.825. The van der Waals surface area contributed by atoms with Crippen molar-refractivity contribution in [2.45, 2.75) is 44.8 Å². The minimum Gasteiger partial charge on any atom is -0.389 e. The number of aliphatic hydroxyl groups is 1. The van der Waals surface area contributed by atoms with Crippen LogP contribution in [0, 0.1) is 5.92 Å². The zero-order valence-electron chi connectivity index (χ0n) is 10.00. The molecule has 88 valence electrons. The largest absolute Gasteiger partial charge is 0.389 e. The molecular formula is C12H24N2O. The third kappa shape index (κ3) is 2.71. The lowest BCUT2D eigenvalue weighted by Gasteiger charge is -2.33. The molecule has 0 amide bonds. The summed E-state index contributed by atoms with van der Waals surface area (Å²) in [6.45, 7) is 8.50. The maximum absolute atomic E-state index is 9.95. The summed E-state index contributed by atoms with van der Waals surface area (Å²) < 4.78 is 0. The lowest BCUT2D eigenvalue weighted by Crippen LogP contribution is -2.48. The van der Waals surface area contributed by atoms with E-state index >= 15 is 0 Å². The van der Waals surface area contributed by atoms with Crippen LogP contribution >= 0.6 is 0 Å². The third-order valence-electron chi connectivity index (χ3n) is 4.14. The standard InChI is InChI=1S/C12H24N2O/c1-3-12(2,15)9-13-11-5-7-14-6-4-10(11)8-14/h10-11,13,15H,3-9H2,1-2H3. The molecule has 0 aromatic heterocycles. The molecule has 2 heterocycles. The first-order chi connectivity index (χ1) is 7.11. The Labute approximate surface area is 92.8 Å². The molecule has 2 aliphatic rings. The quantitative estimate of drug-likeness (QED) is 0.724. The van der Waals surface area contributed by atoms with Gasteiger partial charge in [0.05, 0.1) is 5.60 Å². The van der Waals surface area contributed by atoms with Gasteiger partial charge in [0.15, 0.2) is 0 Å². The first kappa shape index (κ1) is 11.4. The molecule has 0 aromatic carbocycles. The second kappa shape index (κ2) is 4.40. The van der Waals surface area contributed by atoms with Crippen molar-refractivity contribution in [3.05, 3.63) is 0 Å². The van der Waals surface area contributed by atoms with Gasteiger partial charge in [-0.1, -0.05) is 6.92 Å². The van der Waals surface area contributed by atoms with Crippen LogP contribution in [0.25, 0.3) is 0 Å². The molecule has 2 fully saturated rings. The van der Waals surface area contributed by atoms with Gasteiger partial charge >= 0.3 is 0 Å². The Bertz CT molecular complexity index is 218. The number of nitrogens with zero attached hydrogens (tertiary/aromatic N) is 1. The van der Waals surface area contributed by atoms with Crippen molar-refractivity contribution in [3.63, 3.8) is 0 Å². The van der Waals surface area contributed by atoms with Gasteiger partial charge in [-0.3, -0.25) is 0 Å². The average Bonchev–Trinajstić information content (AvgIpc) is 2.60. The Morgan fingerprint density at radius 3 is 2.87 bits per heavy atom. The highest BCUT2D eigenvalue weighted by molar-refractivity contribution is 4.91. The molecule has 3 nitrogen and oxygen atoms in total. The second-order valence-electron chi connectivity index (χ2n) is 5.48. The van der Waals surface area contributed by atoms with Crippen LogP contribution in [0.5, 0.6) is 0 Å². The zero-order valence-corrected chi connectivity index (χ0v) is 10.00. The van der Waals surface area contributed by atoms with Gasteiger partial charge in [0.2, 0.25) is 0 Å². The van der Waals surface area contributed by atoms with E-state index in [0.29, 0.717) is 6.04 Å². The predicted molar refractivity (Wildman–Crippen MR) is 61.9 cm³/mol. The second-order valence-corrected chi connectivity index (χ2v) is 5.48. The monoisotopic (exact) mass is 212 g/mol. The van der Waals surface area contributed by atoms with Crippen molar-refractivity contribution in [2.75, 3.05) is 26.2 Å². The fourth-order valence-electron chi connectivity index (χ4n) is 2.70. The van der Waals surface area contributed by atoms with Crippen molar-refractivity contribution < 1.29 is 5.11 Å². The SMILES string of the molecule is CCC(C)(O)CNC1CCN2CCC1C2. The summed E-state index contributed by atoms with van der Waals surface area (Å²) in [4.78, 5) is 2.56. The lowest BCUT2D eigenvalue weighted by atomic mass is 9.93. The summed E-state index contributed by atoms with van der Waals surface area (Å²) in [7, 11) is 0. The highest BCUT2D eigenvalue weighted by Gasteiger charge is 2.34. The summed E-state index contributed by atoms with van der Waals surface area (Å²) in [6, 6.07) is 0.641. The van der Waals surface area contributed by atoms with Gasteiger partial charge in [-0.05, 0) is 45.2 Å². The molecule has 0 spiro atoms. The molecule has 2 rings (SSSR count). The minimum atomic E-state index is -0.532. The summed E-state index contributed by atoms with van der Waals surface area (Å²) in [6.07, 6.45) is 3.42. The molecule has 2 aliphatic heterocycles. The molecule has 4 unspecified atom stereocenters. The molecule has 2 bridgehead atoms. The van der Waals surface area contributed by atoms with E-state index in [-0.39, 0.29) is 0 Å². The fourth-order valence-corrected chi connectivity index (χ4v) is 2.70. The zero-order chi connectivity index (χ0) is 10.9. The van der Waals surface area contributed by atoms with Crippen LogP contribution in [0.15, 0.2) is 0 Å². The van der Waals surface area contributed by atoms with Crippen LogP contribution < -0.4 is 5.32 Å². The molecule has 3 heteroatoms. The van der Waals surface area contributed by atoms with Gasteiger partial charge in [-0.15, -0.1) is 0 Å². The van der Waals surface area contributed by atoms with Gasteiger partial charge in [0.25, 0.3) is 0 Å². The van der Waals surface area contributed by atoms with Crippen LogP contribution in [0.1, 0.15) is 33.1 Å². The predicted octanol–water partition coefficient (Wildman–Crippen LogP) is 0.831. The highest BCUT2D eigenvalue weighted by atomic mass is 16.3. The van der Waals surface area contributed by atoms with E-state index in [9.17, 15) is 5.11 Å². The molecule has 2 saturated heterocycles. The Kier molecular flexibility index (Phi) is 3.33.